The van der Waals surface area contributed by atoms with Crippen molar-refractivity contribution >= 4 is 12.4 Å². The van der Waals surface area contributed by atoms with E-state index in [1.807, 2.05) is 18.2 Å². The van der Waals surface area contributed by atoms with E-state index < -0.39 is 0 Å². The van der Waals surface area contributed by atoms with Crippen LogP contribution in [0.4, 0.5) is 0 Å². The molecule has 0 fully saturated rings. The highest BCUT2D eigenvalue weighted by Gasteiger charge is 2.04. The second-order valence-corrected chi connectivity index (χ2v) is 3.15. The number of rotatable bonds is 3. The Morgan fingerprint density at radius 3 is 2.60 bits per heavy atom. The molecule has 0 aliphatic rings. The van der Waals surface area contributed by atoms with E-state index in [-0.39, 0.29) is 19.0 Å². The van der Waals surface area contributed by atoms with E-state index >= 15 is 0 Å². The van der Waals surface area contributed by atoms with Gasteiger partial charge in [-0.3, -0.25) is 0 Å². The lowest BCUT2D eigenvalue weighted by Gasteiger charge is -2.00. The summed E-state index contributed by atoms with van der Waals surface area (Å²) in [5.74, 6) is 0. The predicted octanol–water partition coefficient (Wildman–Crippen LogP) is 1.91. The van der Waals surface area contributed by atoms with Crippen LogP contribution in [0.1, 0.15) is 17.0 Å². The van der Waals surface area contributed by atoms with Gasteiger partial charge in [0.1, 0.15) is 0 Å². The molecule has 3 nitrogen and oxygen atoms in total. The summed E-state index contributed by atoms with van der Waals surface area (Å²) in [6.07, 6.45) is 2.40. The number of aliphatic hydroxyl groups excluding tert-OH is 1. The molecule has 1 heterocycles. The summed E-state index contributed by atoms with van der Waals surface area (Å²) >= 11 is 0. The van der Waals surface area contributed by atoms with Crippen LogP contribution in [0.15, 0.2) is 36.7 Å². The molecule has 0 aliphatic carbocycles. The van der Waals surface area contributed by atoms with Gasteiger partial charge in [0.2, 0.25) is 0 Å². The van der Waals surface area contributed by atoms with Crippen LogP contribution >= 0.6 is 12.4 Å². The second-order valence-electron chi connectivity index (χ2n) is 3.15. The smallest absolute Gasteiger partial charge is 0.0926 e. The number of benzene rings is 1. The van der Waals surface area contributed by atoms with Crippen LogP contribution in [0, 0.1) is 0 Å². The Hall–Kier alpha value is -1.32. The molecule has 1 aromatic heterocycles. The average molecular weight is 225 g/mol. The normalized spacial score (nSPS) is 9.67. The van der Waals surface area contributed by atoms with E-state index in [1.54, 1.807) is 6.33 Å². The quantitative estimate of drug-likeness (QED) is 0.837. The maximum absolute atomic E-state index is 9.00. The van der Waals surface area contributed by atoms with E-state index in [2.05, 4.69) is 22.1 Å². The molecular weight excluding hydrogens is 212 g/mol. The van der Waals surface area contributed by atoms with Gasteiger partial charge in [-0.15, -0.1) is 12.4 Å². The minimum absolute atomic E-state index is 0. The zero-order valence-corrected chi connectivity index (χ0v) is 9.00. The van der Waals surface area contributed by atoms with E-state index in [9.17, 15) is 0 Å². The van der Waals surface area contributed by atoms with Gasteiger partial charge in [0, 0.05) is 12.1 Å². The minimum Gasteiger partial charge on any atom is -0.390 e. The van der Waals surface area contributed by atoms with Gasteiger partial charge in [0.15, 0.2) is 0 Å². The Balaban J connectivity index is 0.00000112. The topological polar surface area (TPSA) is 48.9 Å². The number of hydrogen-bond donors (Lipinski definition) is 2. The molecule has 2 aromatic rings. The second kappa shape index (κ2) is 5.53. The summed E-state index contributed by atoms with van der Waals surface area (Å²) < 4.78 is 0. The number of halogens is 1. The largest absolute Gasteiger partial charge is 0.390 e. The molecule has 1 aromatic carbocycles. The molecule has 0 aliphatic heterocycles. The van der Waals surface area contributed by atoms with E-state index in [4.69, 9.17) is 5.11 Å². The SMILES string of the molecule is Cl.OCc1nc[nH]c1Cc1ccccc1. The van der Waals surface area contributed by atoms with Crippen molar-refractivity contribution in [3.63, 3.8) is 0 Å². The van der Waals surface area contributed by atoms with Crippen LogP contribution in [0.3, 0.4) is 0 Å². The number of nitrogens with zero attached hydrogens (tertiary/aromatic N) is 1. The first-order chi connectivity index (χ1) is 6.90. The van der Waals surface area contributed by atoms with Crippen molar-refractivity contribution in [1.29, 1.82) is 0 Å². The first kappa shape index (κ1) is 11.8. The fourth-order valence-corrected chi connectivity index (χ4v) is 1.44. The number of aromatic nitrogens is 2. The third-order valence-electron chi connectivity index (χ3n) is 2.18. The third kappa shape index (κ3) is 2.81. The molecule has 15 heavy (non-hydrogen) atoms. The first-order valence-electron chi connectivity index (χ1n) is 4.56. The van der Waals surface area contributed by atoms with Gasteiger partial charge in [-0.25, -0.2) is 4.98 Å². The number of aliphatic hydroxyl groups is 1. The number of imidazole rings is 1. The Morgan fingerprint density at radius 1 is 1.20 bits per heavy atom. The van der Waals surface area contributed by atoms with Gasteiger partial charge in [-0.1, -0.05) is 30.3 Å². The zero-order chi connectivity index (χ0) is 9.80. The standard InChI is InChI=1S/C11H12N2O.ClH/c14-7-11-10(12-8-13-11)6-9-4-2-1-3-5-9;/h1-5,8,14H,6-7H2,(H,12,13);1H. The number of hydrogen-bond acceptors (Lipinski definition) is 2. The van der Waals surface area contributed by atoms with Gasteiger partial charge in [-0.05, 0) is 5.56 Å². The minimum atomic E-state index is -0.00827. The van der Waals surface area contributed by atoms with Gasteiger partial charge in [-0.2, -0.15) is 0 Å². The fourth-order valence-electron chi connectivity index (χ4n) is 1.44. The lowest BCUT2D eigenvalue weighted by molar-refractivity contribution is 0.276. The summed E-state index contributed by atoms with van der Waals surface area (Å²) in [7, 11) is 0. The number of H-pyrrole nitrogens is 1. The van der Waals surface area contributed by atoms with Crippen molar-refractivity contribution in [2.45, 2.75) is 13.0 Å². The van der Waals surface area contributed by atoms with Crippen LogP contribution in [0.2, 0.25) is 0 Å². The van der Waals surface area contributed by atoms with Crippen molar-refractivity contribution in [2.75, 3.05) is 0 Å². The molecule has 2 N–H and O–H groups in total. The molecule has 0 amide bonds. The Morgan fingerprint density at radius 2 is 1.93 bits per heavy atom. The molecule has 0 atom stereocenters. The molecule has 0 bridgehead atoms. The molecule has 0 unspecified atom stereocenters. The zero-order valence-electron chi connectivity index (χ0n) is 8.18. The van der Waals surface area contributed by atoms with Crippen molar-refractivity contribution in [1.82, 2.24) is 9.97 Å². The van der Waals surface area contributed by atoms with Crippen molar-refractivity contribution in [3.8, 4) is 0 Å². The molecule has 2 rings (SSSR count). The average Bonchev–Trinajstić information content (AvgIpc) is 2.67. The molecule has 4 heteroatoms. The van der Waals surface area contributed by atoms with Gasteiger partial charge in [0.05, 0.1) is 18.6 Å². The third-order valence-corrected chi connectivity index (χ3v) is 2.18. The highest BCUT2D eigenvalue weighted by molar-refractivity contribution is 5.85. The fraction of sp³-hybridized carbons (Fsp3) is 0.182. The molecule has 0 saturated carbocycles. The maximum Gasteiger partial charge on any atom is 0.0926 e. The predicted molar refractivity (Wildman–Crippen MR) is 61.0 cm³/mol. The maximum atomic E-state index is 9.00. The summed E-state index contributed by atoms with van der Waals surface area (Å²) in [6.45, 7) is -0.00827. The summed E-state index contributed by atoms with van der Waals surface area (Å²) in [5, 5.41) is 9.00. The Bertz CT molecular complexity index is 400. The Labute approximate surface area is 94.6 Å². The number of aromatic amines is 1. The van der Waals surface area contributed by atoms with Crippen molar-refractivity contribution in [2.24, 2.45) is 0 Å². The molecular formula is C11H13ClN2O. The molecule has 0 radical (unpaired) electrons. The van der Waals surface area contributed by atoms with Crippen molar-refractivity contribution in [3.05, 3.63) is 53.6 Å². The highest BCUT2D eigenvalue weighted by atomic mass is 35.5. The molecule has 80 valence electrons. The van der Waals surface area contributed by atoms with E-state index in [0.717, 1.165) is 17.8 Å². The van der Waals surface area contributed by atoms with Crippen LogP contribution in [0.25, 0.3) is 0 Å². The van der Waals surface area contributed by atoms with Gasteiger partial charge >= 0.3 is 0 Å². The molecule has 0 saturated heterocycles. The van der Waals surface area contributed by atoms with Gasteiger partial charge in [0.25, 0.3) is 0 Å². The van der Waals surface area contributed by atoms with E-state index in [0.29, 0.717) is 0 Å². The highest BCUT2D eigenvalue weighted by Crippen LogP contribution is 2.10. The Kier molecular flexibility index (Phi) is 4.34. The number of nitrogens with one attached hydrogen (secondary N) is 1. The molecule has 0 spiro atoms. The van der Waals surface area contributed by atoms with Crippen LogP contribution in [-0.2, 0) is 13.0 Å². The van der Waals surface area contributed by atoms with Crippen LogP contribution < -0.4 is 0 Å². The van der Waals surface area contributed by atoms with E-state index in [1.165, 1.54) is 5.56 Å². The summed E-state index contributed by atoms with van der Waals surface area (Å²) in [6, 6.07) is 10.1. The van der Waals surface area contributed by atoms with Crippen molar-refractivity contribution < 1.29 is 5.11 Å². The van der Waals surface area contributed by atoms with Crippen LogP contribution in [0.5, 0.6) is 0 Å². The van der Waals surface area contributed by atoms with Crippen LogP contribution in [-0.4, -0.2) is 15.1 Å². The van der Waals surface area contributed by atoms with Gasteiger partial charge < -0.3 is 10.1 Å². The first-order valence-corrected chi connectivity index (χ1v) is 4.56. The monoisotopic (exact) mass is 224 g/mol. The lowest BCUT2D eigenvalue weighted by atomic mass is 10.1. The lowest BCUT2D eigenvalue weighted by Crippen LogP contribution is -1.94. The summed E-state index contributed by atoms with van der Waals surface area (Å²) in [5.41, 5.74) is 2.93. The summed E-state index contributed by atoms with van der Waals surface area (Å²) in [4.78, 5) is 7.06.